The fourth-order valence-electron chi connectivity index (χ4n) is 3.99. The summed E-state index contributed by atoms with van der Waals surface area (Å²) in [5, 5.41) is 11.7. The number of β-lactam (4-membered cyclic amide) rings is 1. The Bertz CT molecular complexity index is 878. The topological polar surface area (TPSA) is 86.7 Å². The Morgan fingerprint density at radius 1 is 1.20 bits per heavy atom. The van der Waals surface area contributed by atoms with Crippen LogP contribution in [0.4, 0.5) is 0 Å². The van der Waals surface area contributed by atoms with Gasteiger partial charge in [0.25, 0.3) is 5.91 Å². The van der Waals surface area contributed by atoms with Gasteiger partial charge in [-0.25, -0.2) is 4.79 Å². The van der Waals surface area contributed by atoms with Gasteiger partial charge in [-0.05, 0) is 50.8 Å². The van der Waals surface area contributed by atoms with Crippen molar-refractivity contribution in [3.8, 4) is 0 Å². The SMILES string of the molecule is CC(Sc1ccc(C(C)(C)C)cc1)C(=O)N[C@@]1(C)C(=O)N2[C@@H](C(=O)O)C(C)(C)S[C@@H]21. The molecule has 2 fully saturated rings. The monoisotopic (exact) mass is 450 g/mol. The first-order valence-electron chi connectivity index (χ1n) is 10.0. The zero-order valence-corrected chi connectivity index (χ0v) is 20.1. The zero-order valence-electron chi connectivity index (χ0n) is 18.5. The third-order valence-electron chi connectivity index (χ3n) is 5.80. The molecule has 0 bridgehead atoms. The highest BCUT2D eigenvalue weighted by atomic mass is 32.2. The molecule has 0 spiro atoms. The summed E-state index contributed by atoms with van der Waals surface area (Å²) in [5.41, 5.74) is 0.205. The Hall–Kier alpha value is -1.67. The minimum Gasteiger partial charge on any atom is -0.480 e. The number of aliphatic carboxylic acids is 1. The molecule has 6 nitrogen and oxygen atoms in total. The third kappa shape index (κ3) is 3.84. The molecule has 1 aromatic carbocycles. The predicted octanol–water partition coefficient (Wildman–Crippen LogP) is 3.49. The molecular formula is C22H30N2O4S2. The lowest BCUT2D eigenvalue weighted by Crippen LogP contribution is -2.78. The number of rotatable bonds is 5. The number of nitrogens with one attached hydrogen (secondary N) is 1. The number of carbonyl (C=O) groups is 3. The van der Waals surface area contributed by atoms with Gasteiger partial charge in [-0.1, -0.05) is 32.9 Å². The molecule has 0 aromatic heterocycles. The van der Waals surface area contributed by atoms with Gasteiger partial charge in [0.1, 0.15) is 17.0 Å². The van der Waals surface area contributed by atoms with Gasteiger partial charge in [-0.2, -0.15) is 0 Å². The first-order chi connectivity index (χ1) is 13.7. The summed E-state index contributed by atoms with van der Waals surface area (Å²) in [6, 6.07) is 7.29. The van der Waals surface area contributed by atoms with Crippen molar-refractivity contribution in [2.45, 2.75) is 85.7 Å². The van der Waals surface area contributed by atoms with Crippen molar-refractivity contribution in [3.05, 3.63) is 29.8 Å². The number of thioether (sulfide) groups is 2. The largest absolute Gasteiger partial charge is 0.480 e. The Kier molecular flexibility index (Phi) is 5.74. The molecule has 2 aliphatic rings. The maximum absolute atomic E-state index is 12.9. The molecule has 0 saturated carbocycles. The molecular weight excluding hydrogens is 420 g/mol. The summed E-state index contributed by atoms with van der Waals surface area (Å²) in [4.78, 5) is 39.8. The second-order valence-corrected chi connectivity index (χ2v) is 12.9. The van der Waals surface area contributed by atoms with Crippen molar-refractivity contribution in [2.24, 2.45) is 0 Å². The molecule has 8 heteroatoms. The van der Waals surface area contributed by atoms with Crippen LogP contribution in [-0.2, 0) is 19.8 Å². The molecule has 0 aliphatic carbocycles. The molecule has 1 unspecified atom stereocenters. The molecule has 2 heterocycles. The van der Waals surface area contributed by atoms with Crippen LogP contribution in [0.5, 0.6) is 0 Å². The minimum atomic E-state index is -1.09. The van der Waals surface area contributed by atoms with E-state index in [0.29, 0.717) is 0 Å². The number of nitrogens with zero attached hydrogens (tertiary/aromatic N) is 1. The van der Waals surface area contributed by atoms with Crippen LogP contribution in [0.2, 0.25) is 0 Å². The highest BCUT2D eigenvalue weighted by molar-refractivity contribution is 8.01. The molecule has 2 amide bonds. The molecule has 1 aromatic rings. The third-order valence-corrected chi connectivity index (χ3v) is 8.66. The molecule has 2 saturated heterocycles. The van der Waals surface area contributed by atoms with Gasteiger partial charge < -0.3 is 15.3 Å². The Balaban J connectivity index is 1.67. The molecule has 164 valence electrons. The van der Waals surface area contributed by atoms with Crippen molar-refractivity contribution >= 4 is 41.3 Å². The van der Waals surface area contributed by atoms with Crippen LogP contribution in [0, 0.1) is 0 Å². The molecule has 2 aliphatic heterocycles. The number of carbonyl (C=O) groups excluding carboxylic acids is 2. The van der Waals surface area contributed by atoms with Gasteiger partial charge in [0, 0.05) is 9.64 Å². The highest BCUT2D eigenvalue weighted by Gasteiger charge is 2.70. The van der Waals surface area contributed by atoms with Crippen molar-refractivity contribution in [2.75, 3.05) is 0 Å². The average molecular weight is 451 g/mol. The highest BCUT2D eigenvalue weighted by Crippen LogP contribution is 2.54. The lowest BCUT2D eigenvalue weighted by atomic mass is 9.86. The average Bonchev–Trinajstić information content (AvgIpc) is 2.90. The maximum atomic E-state index is 12.9. The quantitative estimate of drug-likeness (QED) is 0.528. The normalized spacial score (nSPS) is 28.5. The van der Waals surface area contributed by atoms with Crippen LogP contribution in [0.15, 0.2) is 29.2 Å². The van der Waals surface area contributed by atoms with E-state index in [9.17, 15) is 19.5 Å². The van der Waals surface area contributed by atoms with E-state index in [2.05, 4.69) is 38.2 Å². The summed E-state index contributed by atoms with van der Waals surface area (Å²) >= 11 is 2.87. The molecule has 0 radical (unpaired) electrons. The summed E-state index contributed by atoms with van der Waals surface area (Å²) in [6.07, 6.45) is 0. The summed E-state index contributed by atoms with van der Waals surface area (Å²) in [7, 11) is 0. The number of benzene rings is 1. The zero-order chi connectivity index (χ0) is 22.6. The molecule has 2 N–H and O–H groups in total. The predicted molar refractivity (Wildman–Crippen MR) is 121 cm³/mol. The van der Waals surface area contributed by atoms with E-state index in [1.165, 1.54) is 34.0 Å². The fourth-order valence-corrected chi connectivity index (χ4v) is 6.50. The Labute approximate surface area is 186 Å². The van der Waals surface area contributed by atoms with Gasteiger partial charge in [-0.15, -0.1) is 23.5 Å². The van der Waals surface area contributed by atoms with Gasteiger partial charge in [-0.3, -0.25) is 9.59 Å². The number of hydrogen-bond donors (Lipinski definition) is 2. The summed E-state index contributed by atoms with van der Waals surface area (Å²) in [6.45, 7) is 13.6. The van der Waals surface area contributed by atoms with Crippen LogP contribution in [0.3, 0.4) is 0 Å². The first-order valence-corrected chi connectivity index (χ1v) is 11.8. The number of amides is 2. The van der Waals surface area contributed by atoms with E-state index in [-0.39, 0.29) is 27.9 Å². The smallest absolute Gasteiger partial charge is 0.327 e. The van der Waals surface area contributed by atoms with Crippen molar-refractivity contribution < 1.29 is 19.5 Å². The van der Waals surface area contributed by atoms with Crippen molar-refractivity contribution in [3.63, 3.8) is 0 Å². The maximum Gasteiger partial charge on any atom is 0.327 e. The minimum absolute atomic E-state index is 0.0672. The van der Waals surface area contributed by atoms with Gasteiger partial charge in [0.2, 0.25) is 5.91 Å². The van der Waals surface area contributed by atoms with Crippen molar-refractivity contribution in [1.82, 2.24) is 10.2 Å². The van der Waals surface area contributed by atoms with Crippen LogP contribution in [0.25, 0.3) is 0 Å². The standard InChI is InChI=1S/C22H30N2O4S2/c1-12(29-14-10-8-13(9-11-14)20(2,3)4)16(25)23-22(7)18(28)24-15(17(26)27)21(5,6)30-19(22)24/h8-12,15,19H,1-7H3,(H,23,25)(H,26,27)/t12?,15-,19+,22-/m0/s1. The van der Waals surface area contributed by atoms with Gasteiger partial charge in [0.15, 0.2) is 0 Å². The lowest BCUT2D eigenvalue weighted by molar-refractivity contribution is -0.167. The summed E-state index contributed by atoms with van der Waals surface area (Å²) < 4.78 is -0.621. The Morgan fingerprint density at radius 3 is 2.27 bits per heavy atom. The Morgan fingerprint density at radius 2 is 1.77 bits per heavy atom. The van der Waals surface area contributed by atoms with E-state index in [1.54, 1.807) is 6.92 Å². The van der Waals surface area contributed by atoms with E-state index < -0.39 is 22.3 Å². The van der Waals surface area contributed by atoms with E-state index >= 15 is 0 Å². The van der Waals surface area contributed by atoms with Gasteiger partial charge >= 0.3 is 5.97 Å². The molecule has 30 heavy (non-hydrogen) atoms. The number of fused-ring (bicyclic) bond motifs is 1. The van der Waals surface area contributed by atoms with Crippen molar-refractivity contribution in [1.29, 1.82) is 0 Å². The van der Waals surface area contributed by atoms with Gasteiger partial charge in [0.05, 0.1) is 5.25 Å². The number of carboxylic acid groups (broad SMARTS) is 1. The lowest BCUT2D eigenvalue weighted by Gasteiger charge is -2.51. The fraction of sp³-hybridized carbons (Fsp3) is 0.591. The van der Waals surface area contributed by atoms with Crippen LogP contribution in [0.1, 0.15) is 54.0 Å². The molecule has 3 rings (SSSR count). The van der Waals surface area contributed by atoms with Crippen LogP contribution >= 0.6 is 23.5 Å². The van der Waals surface area contributed by atoms with Crippen LogP contribution in [-0.4, -0.2) is 54.7 Å². The molecule has 4 atom stereocenters. The first kappa shape index (κ1) is 23.0. The second-order valence-electron chi connectivity index (χ2n) is 9.75. The van der Waals surface area contributed by atoms with Crippen LogP contribution < -0.4 is 5.32 Å². The number of carboxylic acids is 1. The number of hydrogen-bond acceptors (Lipinski definition) is 5. The van der Waals surface area contributed by atoms with E-state index in [4.69, 9.17) is 0 Å². The van der Waals surface area contributed by atoms with E-state index in [1.807, 2.05) is 32.9 Å². The van der Waals surface area contributed by atoms with E-state index in [0.717, 1.165) is 4.90 Å². The second kappa shape index (κ2) is 7.48. The summed E-state index contributed by atoms with van der Waals surface area (Å²) in [5.74, 6) is -1.58.